The molecule has 0 fully saturated rings. The van der Waals surface area contributed by atoms with E-state index in [4.69, 9.17) is 11.6 Å². The summed E-state index contributed by atoms with van der Waals surface area (Å²) in [5.41, 5.74) is 0.761. The van der Waals surface area contributed by atoms with Gasteiger partial charge in [-0.15, -0.1) is 0 Å². The van der Waals surface area contributed by atoms with Gasteiger partial charge in [0.1, 0.15) is 5.15 Å². The summed E-state index contributed by atoms with van der Waals surface area (Å²) in [5, 5.41) is 3.04. The standard InChI is InChI=1S/C11H16ClN3O/c1-3-4-7-15(11(16)13-2)9-5-6-10(12)14-8-9/h5-6,8H,3-4,7H2,1-2H3,(H,13,16). The van der Waals surface area contributed by atoms with Crippen molar-refractivity contribution in [2.75, 3.05) is 18.5 Å². The SMILES string of the molecule is CCCCN(C(=O)NC)c1ccc(Cl)nc1. The van der Waals surface area contributed by atoms with Gasteiger partial charge < -0.3 is 5.32 Å². The van der Waals surface area contributed by atoms with E-state index >= 15 is 0 Å². The average molecular weight is 242 g/mol. The number of amides is 2. The number of anilines is 1. The Bertz CT molecular complexity index is 340. The molecule has 0 radical (unpaired) electrons. The first-order valence-electron chi connectivity index (χ1n) is 5.29. The van der Waals surface area contributed by atoms with Crippen LogP contribution in [-0.4, -0.2) is 24.6 Å². The second kappa shape index (κ2) is 6.33. The topological polar surface area (TPSA) is 45.2 Å². The maximum atomic E-state index is 11.7. The fraction of sp³-hybridized carbons (Fsp3) is 0.455. The molecule has 1 heterocycles. The highest BCUT2D eigenvalue weighted by molar-refractivity contribution is 6.29. The summed E-state index contributed by atoms with van der Waals surface area (Å²) < 4.78 is 0. The average Bonchev–Trinajstić information content (AvgIpc) is 2.31. The van der Waals surface area contributed by atoms with Gasteiger partial charge in [0.15, 0.2) is 0 Å². The van der Waals surface area contributed by atoms with Crippen LogP contribution >= 0.6 is 11.6 Å². The van der Waals surface area contributed by atoms with Crippen LogP contribution < -0.4 is 10.2 Å². The van der Waals surface area contributed by atoms with Crippen molar-refractivity contribution in [3.8, 4) is 0 Å². The largest absolute Gasteiger partial charge is 0.341 e. The van der Waals surface area contributed by atoms with E-state index in [9.17, 15) is 4.79 Å². The molecular formula is C11H16ClN3O. The van der Waals surface area contributed by atoms with Crippen molar-refractivity contribution in [1.29, 1.82) is 0 Å². The van der Waals surface area contributed by atoms with E-state index in [2.05, 4.69) is 17.2 Å². The van der Waals surface area contributed by atoms with Crippen molar-refractivity contribution in [1.82, 2.24) is 10.3 Å². The lowest BCUT2D eigenvalue weighted by atomic mass is 10.3. The fourth-order valence-electron chi connectivity index (χ4n) is 1.33. The van der Waals surface area contributed by atoms with E-state index in [0.29, 0.717) is 11.7 Å². The molecule has 0 aliphatic rings. The zero-order valence-electron chi connectivity index (χ0n) is 9.53. The van der Waals surface area contributed by atoms with Crippen molar-refractivity contribution in [2.45, 2.75) is 19.8 Å². The minimum absolute atomic E-state index is 0.127. The molecule has 5 heteroatoms. The second-order valence-electron chi connectivity index (χ2n) is 3.40. The number of hydrogen-bond donors (Lipinski definition) is 1. The van der Waals surface area contributed by atoms with Gasteiger partial charge in [-0.2, -0.15) is 0 Å². The van der Waals surface area contributed by atoms with Crippen LogP contribution in [0.15, 0.2) is 18.3 Å². The summed E-state index contributed by atoms with van der Waals surface area (Å²) in [5.74, 6) is 0. The fourth-order valence-corrected chi connectivity index (χ4v) is 1.44. The number of carbonyl (C=O) groups is 1. The number of pyridine rings is 1. The van der Waals surface area contributed by atoms with Gasteiger partial charge in [0, 0.05) is 13.6 Å². The van der Waals surface area contributed by atoms with Crippen LogP contribution in [0.4, 0.5) is 10.5 Å². The maximum Gasteiger partial charge on any atom is 0.321 e. The summed E-state index contributed by atoms with van der Waals surface area (Å²) in [6.45, 7) is 2.77. The Morgan fingerprint density at radius 1 is 1.56 bits per heavy atom. The van der Waals surface area contributed by atoms with E-state index in [1.807, 2.05) is 0 Å². The quantitative estimate of drug-likeness (QED) is 0.824. The van der Waals surface area contributed by atoms with Gasteiger partial charge in [0.25, 0.3) is 0 Å². The molecule has 0 aliphatic heterocycles. The number of aromatic nitrogens is 1. The van der Waals surface area contributed by atoms with Gasteiger partial charge in [-0.25, -0.2) is 9.78 Å². The van der Waals surface area contributed by atoms with Crippen LogP contribution in [0.5, 0.6) is 0 Å². The molecule has 0 unspecified atom stereocenters. The first kappa shape index (κ1) is 12.8. The van der Waals surface area contributed by atoms with Gasteiger partial charge in [-0.1, -0.05) is 24.9 Å². The van der Waals surface area contributed by atoms with E-state index in [1.54, 1.807) is 30.3 Å². The van der Waals surface area contributed by atoms with Gasteiger partial charge in [0.05, 0.1) is 11.9 Å². The Morgan fingerprint density at radius 2 is 2.31 bits per heavy atom. The minimum atomic E-state index is -0.127. The van der Waals surface area contributed by atoms with Crippen molar-refractivity contribution >= 4 is 23.3 Å². The number of hydrogen-bond acceptors (Lipinski definition) is 2. The smallest absolute Gasteiger partial charge is 0.321 e. The number of carbonyl (C=O) groups excluding carboxylic acids is 1. The van der Waals surface area contributed by atoms with Crippen molar-refractivity contribution in [3.63, 3.8) is 0 Å². The highest BCUT2D eigenvalue weighted by Crippen LogP contribution is 2.16. The van der Waals surface area contributed by atoms with Crippen LogP contribution in [0.2, 0.25) is 5.15 Å². The molecule has 0 saturated heterocycles. The monoisotopic (exact) mass is 241 g/mol. The number of nitrogens with one attached hydrogen (secondary N) is 1. The molecule has 0 spiro atoms. The van der Waals surface area contributed by atoms with Crippen molar-refractivity contribution < 1.29 is 4.79 Å². The van der Waals surface area contributed by atoms with Gasteiger partial charge in [0.2, 0.25) is 0 Å². The number of nitrogens with zero attached hydrogens (tertiary/aromatic N) is 2. The molecule has 1 aromatic rings. The van der Waals surface area contributed by atoms with Crippen LogP contribution in [0.3, 0.4) is 0 Å². The first-order chi connectivity index (χ1) is 7.69. The molecule has 0 atom stereocenters. The highest BCUT2D eigenvalue weighted by Gasteiger charge is 2.13. The minimum Gasteiger partial charge on any atom is -0.341 e. The third-order valence-electron chi connectivity index (χ3n) is 2.22. The number of halogens is 1. The third-order valence-corrected chi connectivity index (χ3v) is 2.44. The van der Waals surface area contributed by atoms with Crippen molar-refractivity contribution in [2.24, 2.45) is 0 Å². The zero-order chi connectivity index (χ0) is 12.0. The Kier molecular flexibility index (Phi) is 5.05. The Labute approximate surface area is 101 Å². The number of urea groups is 1. The molecule has 0 bridgehead atoms. The van der Waals surface area contributed by atoms with Crippen LogP contribution in [0.25, 0.3) is 0 Å². The molecule has 88 valence electrons. The summed E-state index contributed by atoms with van der Waals surface area (Å²) in [6, 6.07) is 3.34. The lowest BCUT2D eigenvalue weighted by molar-refractivity contribution is 0.248. The molecule has 0 aliphatic carbocycles. The molecule has 0 saturated carbocycles. The number of rotatable bonds is 4. The molecule has 1 rings (SSSR count). The third kappa shape index (κ3) is 3.38. The summed E-state index contributed by atoms with van der Waals surface area (Å²) in [7, 11) is 1.62. The predicted octanol–water partition coefficient (Wildman–Crippen LogP) is 2.68. The molecule has 2 amide bonds. The molecule has 1 aromatic heterocycles. The van der Waals surface area contributed by atoms with Gasteiger partial charge in [-0.3, -0.25) is 4.90 Å². The lowest BCUT2D eigenvalue weighted by Crippen LogP contribution is -2.38. The first-order valence-corrected chi connectivity index (χ1v) is 5.67. The molecular weight excluding hydrogens is 226 g/mol. The van der Waals surface area contributed by atoms with Crippen LogP contribution in [0.1, 0.15) is 19.8 Å². The lowest BCUT2D eigenvalue weighted by Gasteiger charge is -2.21. The zero-order valence-corrected chi connectivity index (χ0v) is 10.3. The Morgan fingerprint density at radius 3 is 2.81 bits per heavy atom. The summed E-state index contributed by atoms with van der Waals surface area (Å²) in [4.78, 5) is 17.3. The summed E-state index contributed by atoms with van der Waals surface area (Å²) in [6.07, 6.45) is 3.60. The Balaban J connectivity index is 2.82. The number of unbranched alkanes of at least 4 members (excludes halogenated alkanes) is 1. The van der Waals surface area contributed by atoms with Gasteiger partial charge >= 0.3 is 6.03 Å². The molecule has 0 aromatic carbocycles. The molecule has 4 nitrogen and oxygen atoms in total. The Hall–Kier alpha value is -1.29. The van der Waals surface area contributed by atoms with Gasteiger partial charge in [-0.05, 0) is 18.6 Å². The second-order valence-corrected chi connectivity index (χ2v) is 3.79. The maximum absolute atomic E-state index is 11.7. The van der Waals surface area contributed by atoms with E-state index < -0.39 is 0 Å². The van der Waals surface area contributed by atoms with E-state index in [1.165, 1.54) is 0 Å². The van der Waals surface area contributed by atoms with Crippen LogP contribution in [-0.2, 0) is 0 Å². The molecule has 1 N–H and O–H groups in total. The molecule has 16 heavy (non-hydrogen) atoms. The van der Waals surface area contributed by atoms with E-state index in [0.717, 1.165) is 18.5 Å². The predicted molar refractivity (Wildman–Crippen MR) is 66.0 cm³/mol. The normalized spacial score (nSPS) is 9.94. The summed E-state index contributed by atoms with van der Waals surface area (Å²) >= 11 is 5.70. The van der Waals surface area contributed by atoms with Crippen molar-refractivity contribution in [3.05, 3.63) is 23.5 Å². The van der Waals surface area contributed by atoms with Crippen LogP contribution in [0, 0.1) is 0 Å². The highest BCUT2D eigenvalue weighted by atomic mass is 35.5. The van der Waals surface area contributed by atoms with E-state index in [-0.39, 0.29) is 6.03 Å².